The van der Waals surface area contributed by atoms with E-state index >= 15 is 0 Å². The summed E-state index contributed by atoms with van der Waals surface area (Å²) in [5.41, 5.74) is 3.08. The van der Waals surface area contributed by atoms with E-state index in [2.05, 4.69) is 6.07 Å². The van der Waals surface area contributed by atoms with Gasteiger partial charge in [-0.3, -0.25) is 0 Å². The number of hydrogen-bond donors (Lipinski definition) is 0. The van der Waals surface area contributed by atoms with Crippen molar-refractivity contribution in [3.63, 3.8) is 0 Å². The van der Waals surface area contributed by atoms with Crippen LogP contribution in [0.5, 0.6) is 0 Å². The van der Waals surface area contributed by atoms with Crippen molar-refractivity contribution in [2.75, 3.05) is 0 Å². The van der Waals surface area contributed by atoms with Crippen molar-refractivity contribution in [3.05, 3.63) is 34.4 Å². The van der Waals surface area contributed by atoms with Crippen LogP contribution in [0, 0.1) is 24.2 Å². The van der Waals surface area contributed by atoms with Crippen molar-refractivity contribution in [1.29, 1.82) is 5.26 Å². The number of nitrogens with zero attached hydrogens (tertiary/aromatic N) is 1. The first-order chi connectivity index (χ1) is 7.93. The third kappa shape index (κ3) is 2.14. The van der Waals surface area contributed by atoms with Gasteiger partial charge < -0.3 is 0 Å². The van der Waals surface area contributed by atoms with E-state index in [4.69, 9.17) is 5.26 Å². The molecule has 0 spiro atoms. The van der Waals surface area contributed by atoms with Gasteiger partial charge in [-0.2, -0.15) is 18.4 Å². The number of fused-ring (bicyclic) bond motifs is 1. The summed E-state index contributed by atoms with van der Waals surface area (Å²) in [5.74, 6) is -1.23. The topological polar surface area (TPSA) is 23.8 Å². The molecule has 0 aliphatic heterocycles. The minimum atomic E-state index is -4.11. The van der Waals surface area contributed by atoms with Crippen molar-refractivity contribution in [3.8, 4) is 6.07 Å². The summed E-state index contributed by atoms with van der Waals surface area (Å²) in [6.07, 6.45) is -3.52. The zero-order valence-corrected chi connectivity index (χ0v) is 9.43. The second kappa shape index (κ2) is 4.06. The van der Waals surface area contributed by atoms with Gasteiger partial charge in [-0.05, 0) is 48.9 Å². The molecule has 0 heterocycles. The van der Waals surface area contributed by atoms with Crippen molar-refractivity contribution in [2.45, 2.75) is 32.4 Å². The summed E-state index contributed by atoms with van der Waals surface area (Å²) >= 11 is 0. The van der Waals surface area contributed by atoms with Gasteiger partial charge in [-0.25, -0.2) is 0 Å². The van der Waals surface area contributed by atoms with Crippen molar-refractivity contribution in [1.82, 2.24) is 0 Å². The Kier molecular flexibility index (Phi) is 2.86. The Labute approximate surface area is 97.9 Å². The monoisotopic (exact) mass is 239 g/mol. The smallest absolute Gasteiger partial charge is 0.192 e. The van der Waals surface area contributed by atoms with Gasteiger partial charge in [-0.15, -0.1) is 0 Å². The molecule has 1 aliphatic rings. The van der Waals surface area contributed by atoms with Crippen LogP contribution in [0.2, 0.25) is 0 Å². The number of benzene rings is 1. The summed E-state index contributed by atoms with van der Waals surface area (Å²) in [6, 6.07) is 5.35. The van der Waals surface area contributed by atoms with Crippen LogP contribution in [-0.4, -0.2) is 6.18 Å². The minimum absolute atomic E-state index is 0.0470. The van der Waals surface area contributed by atoms with Crippen LogP contribution in [0.4, 0.5) is 13.2 Å². The lowest BCUT2D eigenvalue weighted by Gasteiger charge is -2.27. The normalized spacial score (nSPS) is 19.6. The molecule has 0 aromatic heterocycles. The lowest BCUT2D eigenvalue weighted by molar-refractivity contribution is -0.177. The Bertz CT molecular complexity index is 483. The Morgan fingerprint density at radius 1 is 1.35 bits per heavy atom. The highest BCUT2D eigenvalue weighted by atomic mass is 19.4. The lowest BCUT2D eigenvalue weighted by atomic mass is 9.80. The highest BCUT2D eigenvalue weighted by molar-refractivity contribution is 5.47. The van der Waals surface area contributed by atoms with E-state index in [9.17, 15) is 13.2 Å². The summed E-state index contributed by atoms with van der Waals surface area (Å²) in [5, 5.41) is 8.87. The Hall–Kier alpha value is -1.50. The van der Waals surface area contributed by atoms with Crippen LogP contribution in [-0.2, 0) is 12.8 Å². The van der Waals surface area contributed by atoms with Gasteiger partial charge in [0.2, 0.25) is 0 Å². The molecular weight excluding hydrogens is 227 g/mol. The molecule has 0 saturated carbocycles. The standard InChI is InChI=1S/C13H12F3N/c1-8-10(7-17)3-2-9-6-11(13(14,15)16)4-5-12(8)9/h2-3,11H,4-6H2,1H3. The number of nitriles is 1. The molecule has 17 heavy (non-hydrogen) atoms. The first-order valence-corrected chi connectivity index (χ1v) is 5.51. The predicted octanol–water partition coefficient (Wildman–Crippen LogP) is 3.53. The fourth-order valence-electron chi connectivity index (χ4n) is 2.44. The van der Waals surface area contributed by atoms with E-state index < -0.39 is 12.1 Å². The molecule has 2 rings (SSSR count). The second-order valence-corrected chi connectivity index (χ2v) is 4.47. The van der Waals surface area contributed by atoms with Gasteiger partial charge in [-0.1, -0.05) is 6.07 Å². The van der Waals surface area contributed by atoms with Crippen LogP contribution >= 0.6 is 0 Å². The number of hydrogen-bond acceptors (Lipinski definition) is 1. The van der Waals surface area contributed by atoms with Gasteiger partial charge in [0.15, 0.2) is 0 Å². The first kappa shape index (κ1) is 12.0. The summed E-state index contributed by atoms with van der Waals surface area (Å²) < 4.78 is 37.9. The average Bonchev–Trinajstić information content (AvgIpc) is 2.28. The molecule has 4 heteroatoms. The molecule has 0 amide bonds. The second-order valence-electron chi connectivity index (χ2n) is 4.47. The molecule has 1 aliphatic carbocycles. The molecule has 0 bridgehead atoms. The van der Waals surface area contributed by atoms with E-state index in [0.717, 1.165) is 16.7 Å². The van der Waals surface area contributed by atoms with E-state index in [1.54, 1.807) is 12.1 Å². The Balaban J connectivity index is 2.36. The Morgan fingerprint density at radius 3 is 2.65 bits per heavy atom. The quantitative estimate of drug-likeness (QED) is 0.679. The number of rotatable bonds is 0. The van der Waals surface area contributed by atoms with Gasteiger partial charge in [0, 0.05) is 0 Å². The largest absolute Gasteiger partial charge is 0.392 e. The Morgan fingerprint density at radius 2 is 2.06 bits per heavy atom. The van der Waals surface area contributed by atoms with Crippen LogP contribution in [0.25, 0.3) is 0 Å². The molecule has 1 aromatic rings. The number of alkyl halides is 3. The van der Waals surface area contributed by atoms with E-state index in [-0.39, 0.29) is 12.8 Å². The predicted molar refractivity (Wildman–Crippen MR) is 57.5 cm³/mol. The number of halogens is 3. The highest BCUT2D eigenvalue weighted by Crippen LogP contribution is 2.38. The molecule has 1 unspecified atom stereocenters. The van der Waals surface area contributed by atoms with Crippen LogP contribution in [0.3, 0.4) is 0 Å². The third-order valence-electron chi connectivity index (χ3n) is 3.49. The van der Waals surface area contributed by atoms with E-state index in [1.165, 1.54) is 0 Å². The highest BCUT2D eigenvalue weighted by Gasteiger charge is 2.41. The summed E-state index contributed by atoms with van der Waals surface area (Å²) in [6.45, 7) is 1.81. The molecule has 1 nitrogen and oxygen atoms in total. The maximum Gasteiger partial charge on any atom is 0.392 e. The zero-order chi connectivity index (χ0) is 12.6. The zero-order valence-electron chi connectivity index (χ0n) is 9.43. The molecule has 1 atom stereocenters. The fourth-order valence-corrected chi connectivity index (χ4v) is 2.44. The maximum absolute atomic E-state index is 12.6. The summed E-state index contributed by atoms with van der Waals surface area (Å²) in [7, 11) is 0. The van der Waals surface area contributed by atoms with Gasteiger partial charge >= 0.3 is 6.18 Å². The molecule has 1 aromatic carbocycles. The van der Waals surface area contributed by atoms with Crippen molar-refractivity contribution in [2.24, 2.45) is 5.92 Å². The van der Waals surface area contributed by atoms with Crippen LogP contribution in [0.1, 0.15) is 28.7 Å². The molecule has 0 saturated heterocycles. The van der Waals surface area contributed by atoms with Gasteiger partial charge in [0.05, 0.1) is 17.6 Å². The third-order valence-corrected chi connectivity index (χ3v) is 3.49. The molecule has 90 valence electrons. The van der Waals surface area contributed by atoms with Gasteiger partial charge in [0.1, 0.15) is 0 Å². The SMILES string of the molecule is Cc1c(C#N)ccc2c1CCC(C(F)(F)F)C2. The van der Waals surface area contributed by atoms with Gasteiger partial charge in [0.25, 0.3) is 0 Å². The van der Waals surface area contributed by atoms with Crippen LogP contribution < -0.4 is 0 Å². The molecular formula is C13H12F3N. The van der Waals surface area contributed by atoms with Crippen molar-refractivity contribution < 1.29 is 13.2 Å². The summed E-state index contributed by atoms with van der Waals surface area (Å²) in [4.78, 5) is 0. The molecule has 0 radical (unpaired) electrons. The van der Waals surface area contributed by atoms with E-state index in [1.807, 2.05) is 6.92 Å². The lowest BCUT2D eigenvalue weighted by Crippen LogP contribution is -2.29. The minimum Gasteiger partial charge on any atom is -0.192 e. The maximum atomic E-state index is 12.6. The average molecular weight is 239 g/mol. The molecule has 0 N–H and O–H groups in total. The van der Waals surface area contributed by atoms with E-state index in [0.29, 0.717) is 12.0 Å². The van der Waals surface area contributed by atoms with Crippen LogP contribution in [0.15, 0.2) is 12.1 Å². The fraction of sp³-hybridized carbons (Fsp3) is 0.462. The first-order valence-electron chi connectivity index (χ1n) is 5.51. The van der Waals surface area contributed by atoms with Crippen molar-refractivity contribution >= 4 is 0 Å². The molecule has 0 fully saturated rings.